The molecule has 0 radical (unpaired) electrons. The van der Waals surface area contributed by atoms with E-state index in [0.717, 1.165) is 32.9 Å². The standard InChI is InChI=1S/C20H18N4OS/c1-24(11-12-25)19-17-15(14-7-3-2-4-8-14)13-26-20(17)23-18(22-19)16-9-5-6-10-21-16/h2-10,13,25H,11-12H2,1H3. The predicted octanol–water partition coefficient (Wildman–Crippen LogP) is 3.85. The summed E-state index contributed by atoms with van der Waals surface area (Å²) in [7, 11) is 1.94. The molecule has 0 fully saturated rings. The van der Waals surface area contributed by atoms with Gasteiger partial charge in [-0.3, -0.25) is 4.98 Å². The van der Waals surface area contributed by atoms with Crippen molar-refractivity contribution in [3.05, 3.63) is 60.1 Å². The minimum atomic E-state index is 0.0612. The molecule has 0 aliphatic carbocycles. The molecule has 0 unspecified atom stereocenters. The highest BCUT2D eigenvalue weighted by atomic mass is 32.1. The molecule has 4 aromatic rings. The maximum atomic E-state index is 9.40. The Balaban J connectivity index is 1.95. The van der Waals surface area contributed by atoms with Gasteiger partial charge in [-0.25, -0.2) is 9.97 Å². The molecule has 4 rings (SSSR count). The van der Waals surface area contributed by atoms with Crippen LogP contribution in [0, 0.1) is 0 Å². The number of aliphatic hydroxyl groups excluding tert-OH is 1. The predicted molar refractivity (Wildman–Crippen MR) is 106 cm³/mol. The van der Waals surface area contributed by atoms with E-state index < -0.39 is 0 Å². The highest BCUT2D eigenvalue weighted by Gasteiger charge is 2.18. The van der Waals surface area contributed by atoms with Gasteiger partial charge in [0.2, 0.25) is 0 Å². The van der Waals surface area contributed by atoms with E-state index in [2.05, 4.69) is 22.5 Å². The number of nitrogens with zero attached hydrogens (tertiary/aromatic N) is 4. The topological polar surface area (TPSA) is 62.1 Å². The lowest BCUT2D eigenvalue weighted by atomic mass is 10.1. The van der Waals surface area contributed by atoms with Gasteiger partial charge in [0.1, 0.15) is 16.3 Å². The van der Waals surface area contributed by atoms with Gasteiger partial charge in [-0.15, -0.1) is 11.3 Å². The number of pyridine rings is 1. The van der Waals surface area contributed by atoms with E-state index in [-0.39, 0.29) is 6.61 Å². The molecule has 0 aliphatic rings. The Morgan fingerprint density at radius 1 is 1.04 bits per heavy atom. The average molecular weight is 362 g/mol. The molecule has 3 heterocycles. The summed E-state index contributed by atoms with van der Waals surface area (Å²) in [4.78, 5) is 16.8. The summed E-state index contributed by atoms with van der Waals surface area (Å²) in [6.07, 6.45) is 1.74. The number of aromatic nitrogens is 3. The highest BCUT2D eigenvalue weighted by Crippen LogP contribution is 2.38. The molecule has 130 valence electrons. The van der Waals surface area contributed by atoms with Crippen LogP contribution in [-0.4, -0.2) is 40.3 Å². The molecule has 26 heavy (non-hydrogen) atoms. The van der Waals surface area contributed by atoms with E-state index in [1.54, 1.807) is 17.5 Å². The first-order valence-corrected chi connectivity index (χ1v) is 9.24. The van der Waals surface area contributed by atoms with E-state index in [0.29, 0.717) is 12.4 Å². The summed E-state index contributed by atoms with van der Waals surface area (Å²) in [6, 6.07) is 15.9. The molecule has 0 amide bonds. The molecule has 3 aromatic heterocycles. The van der Waals surface area contributed by atoms with Crippen molar-refractivity contribution in [3.8, 4) is 22.6 Å². The Morgan fingerprint density at radius 3 is 2.58 bits per heavy atom. The van der Waals surface area contributed by atoms with Crippen LogP contribution in [0.3, 0.4) is 0 Å². The van der Waals surface area contributed by atoms with E-state index in [1.165, 1.54) is 0 Å². The van der Waals surface area contributed by atoms with Crippen molar-refractivity contribution in [2.75, 3.05) is 25.1 Å². The molecule has 1 aromatic carbocycles. The normalized spacial score (nSPS) is 11.0. The van der Waals surface area contributed by atoms with Gasteiger partial charge in [0.15, 0.2) is 5.82 Å². The molecule has 1 N–H and O–H groups in total. The lowest BCUT2D eigenvalue weighted by Gasteiger charge is -2.19. The highest BCUT2D eigenvalue weighted by molar-refractivity contribution is 7.17. The number of fused-ring (bicyclic) bond motifs is 1. The van der Waals surface area contributed by atoms with E-state index in [1.807, 2.05) is 48.3 Å². The van der Waals surface area contributed by atoms with Crippen LogP contribution in [0.15, 0.2) is 60.1 Å². The third-order valence-electron chi connectivity index (χ3n) is 4.19. The summed E-state index contributed by atoms with van der Waals surface area (Å²) >= 11 is 1.60. The number of thiophene rings is 1. The summed E-state index contributed by atoms with van der Waals surface area (Å²) in [6.45, 7) is 0.559. The van der Waals surface area contributed by atoms with Crippen molar-refractivity contribution < 1.29 is 5.11 Å². The molecule has 5 nitrogen and oxygen atoms in total. The fourth-order valence-corrected chi connectivity index (χ4v) is 3.84. The van der Waals surface area contributed by atoms with Gasteiger partial charge in [-0.1, -0.05) is 36.4 Å². The smallest absolute Gasteiger partial charge is 0.181 e. The van der Waals surface area contributed by atoms with Crippen LogP contribution < -0.4 is 4.90 Å². The van der Waals surface area contributed by atoms with Gasteiger partial charge in [0, 0.05) is 30.7 Å². The van der Waals surface area contributed by atoms with Gasteiger partial charge in [-0.2, -0.15) is 0 Å². The Bertz CT molecular complexity index is 1020. The first kappa shape index (κ1) is 16.6. The van der Waals surface area contributed by atoms with Gasteiger partial charge in [0.25, 0.3) is 0 Å². The van der Waals surface area contributed by atoms with Crippen molar-refractivity contribution in [1.82, 2.24) is 15.0 Å². The Hall–Kier alpha value is -2.83. The lowest BCUT2D eigenvalue weighted by molar-refractivity contribution is 0.304. The van der Waals surface area contributed by atoms with Gasteiger partial charge in [0.05, 0.1) is 12.0 Å². The van der Waals surface area contributed by atoms with Crippen molar-refractivity contribution in [2.24, 2.45) is 0 Å². The fourth-order valence-electron chi connectivity index (χ4n) is 2.90. The van der Waals surface area contributed by atoms with Gasteiger partial charge in [-0.05, 0) is 17.7 Å². The van der Waals surface area contributed by atoms with Crippen LogP contribution in [0.25, 0.3) is 32.9 Å². The second-order valence-electron chi connectivity index (χ2n) is 5.93. The van der Waals surface area contributed by atoms with Crippen molar-refractivity contribution in [3.63, 3.8) is 0 Å². The molecule has 0 saturated carbocycles. The van der Waals surface area contributed by atoms with Crippen LogP contribution in [0.2, 0.25) is 0 Å². The Kier molecular flexibility index (Phi) is 4.60. The number of hydrogen-bond donors (Lipinski definition) is 1. The molecule has 0 atom stereocenters. The third-order valence-corrected chi connectivity index (χ3v) is 5.06. The number of hydrogen-bond acceptors (Lipinski definition) is 6. The Morgan fingerprint density at radius 2 is 1.85 bits per heavy atom. The monoisotopic (exact) mass is 362 g/mol. The van der Waals surface area contributed by atoms with Crippen LogP contribution in [0.1, 0.15) is 0 Å². The number of anilines is 1. The minimum Gasteiger partial charge on any atom is -0.395 e. The summed E-state index contributed by atoms with van der Waals surface area (Å²) in [5.41, 5.74) is 2.98. The molecule has 0 aliphatic heterocycles. The van der Waals surface area contributed by atoms with Gasteiger partial charge >= 0.3 is 0 Å². The van der Waals surface area contributed by atoms with Crippen LogP contribution in [0.5, 0.6) is 0 Å². The second-order valence-corrected chi connectivity index (χ2v) is 6.78. The van der Waals surface area contributed by atoms with Crippen molar-refractivity contribution in [1.29, 1.82) is 0 Å². The first-order chi connectivity index (χ1) is 12.8. The molecular formula is C20H18N4OS. The SMILES string of the molecule is CN(CCO)c1nc(-c2ccccn2)nc2scc(-c3ccccc3)c12. The first-order valence-electron chi connectivity index (χ1n) is 8.36. The lowest BCUT2D eigenvalue weighted by Crippen LogP contribution is -2.23. The molecular weight excluding hydrogens is 344 g/mol. The van der Waals surface area contributed by atoms with Crippen LogP contribution in [0.4, 0.5) is 5.82 Å². The van der Waals surface area contributed by atoms with E-state index in [4.69, 9.17) is 9.97 Å². The van der Waals surface area contributed by atoms with Crippen LogP contribution >= 0.6 is 11.3 Å². The summed E-state index contributed by atoms with van der Waals surface area (Å²) in [5, 5.41) is 12.5. The van der Waals surface area contributed by atoms with Crippen molar-refractivity contribution >= 4 is 27.4 Å². The Labute approximate surface area is 155 Å². The number of benzene rings is 1. The molecule has 6 heteroatoms. The number of rotatable bonds is 5. The zero-order valence-electron chi connectivity index (χ0n) is 14.3. The number of likely N-dealkylation sites (N-methyl/N-ethyl adjacent to an activating group) is 1. The minimum absolute atomic E-state index is 0.0612. The molecule has 0 saturated heterocycles. The van der Waals surface area contributed by atoms with E-state index in [9.17, 15) is 5.11 Å². The maximum Gasteiger partial charge on any atom is 0.181 e. The average Bonchev–Trinajstić information content (AvgIpc) is 3.13. The van der Waals surface area contributed by atoms with E-state index >= 15 is 0 Å². The fraction of sp³-hybridized carbons (Fsp3) is 0.150. The second kappa shape index (κ2) is 7.19. The third kappa shape index (κ3) is 3.05. The van der Waals surface area contributed by atoms with Crippen molar-refractivity contribution in [2.45, 2.75) is 0 Å². The summed E-state index contributed by atoms with van der Waals surface area (Å²) in [5.74, 6) is 1.41. The van der Waals surface area contributed by atoms with Crippen LogP contribution in [-0.2, 0) is 0 Å². The molecule has 0 spiro atoms. The van der Waals surface area contributed by atoms with Gasteiger partial charge < -0.3 is 10.0 Å². The number of aliphatic hydroxyl groups is 1. The quantitative estimate of drug-likeness (QED) is 0.584. The summed E-state index contributed by atoms with van der Waals surface area (Å²) < 4.78 is 0. The maximum absolute atomic E-state index is 9.40. The largest absolute Gasteiger partial charge is 0.395 e. The zero-order valence-corrected chi connectivity index (χ0v) is 15.1. The zero-order chi connectivity index (χ0) is 17.9. The molecule has 0 bridgehead atoms.